The first-order valence-electron chi connectivity index (χ1n) is 7.43. The number of hydrogen-bond donors (Lipinski definition) is 2. The largest absolute Gasteiger partial charge is 0.494 e. The summed E-state index contributed by atoms with van der Waals surface area (Å²) < 4.78 is 12.7. The van der Waals surface area contributed by atoms with Gasteiger partial charge in [-0.3, -0.25) is 4.68 Å². The van der Waals surface area contributed by atoms with Gasteiger partial charge in [0.15, 0.2) is 11.8 Å². The van der Waals surface area contributed by atoms with Crippen molar-refractivity contribution in [2.45, 2.75) is 20.4 Å². The molecule has 2 rings (SSSR count). The number of benzene rings is 1. The Hall–Kier alpha value is -2.04. The molecular formula is C15H23IN6O2. The summed E-state index contributed by atoms with van der Waals surface area (Å²) in [5.74, 6) is 2.28. The number of hydrogen-bond acceptors (Lipinski definition) is 5. The van der Waals surface area contributed by atoms with Crippen LogP contribution in [0.2, 0.25) is 0 Å². The molecule has 0 aliphatic carbocycles. The van der Waals surface area contributed by atoms with Crippen molar-refractivity contribution in [3.8, 4) is 11.5 Å². The first-order chi connectivity index (χ1) is 11.1. The fourth-order valence-corrected chi connectivity index (χ4v) is 1.93. The Bertz CT molecular complexity index is 674. The van der Waals surface area contributed by atoms with Gasteiger partial charge in [0.25, 0.3) is 0 Å². The molecule has 132 valence electrons. The minimum atomic E-state index is 0. The smallest absolute Gasteiger partial charge is 0.193 e. The van der Waals surface area contributed by atoms with Crippen molar-refractivity contribution in [1.82, 2.24) is 14.8 Å². The zero-order valence-electron chi connectivity index (χ0n) is 14.0. The number of guanidine groups is 1. The van der Waals surface area contributed by atoms with Crippen LogP contribution in [-0.4, -0.2) is 33.9 Å². The van der Waals surface area contributed by atoms with Gasteiger partial charge in [0, 0.05) is 13.1 Å². The topological polar surface area (TPSA) is 99.6 Å². The number of halogens is 1. The van der Waals surface area contributed by atoms with Crippen molar-refractivity contribution in [2.24, 2.45) is 17.8 Å². The second kappa shape index (κ2) is 9.96. The summed E-state index contributed by atoms with van der Waals surface area (Å²) in [6, 6.07) is 5.52. The van der Waals surface area contributed by atoms with E-state index in [1.807, 2.05) is 32.0 Å². The SMILES string of the molecule is CCOc1ccc(OCC)c(NC(N)=NCc2ncn(C)n2)c1.I. The zero-order chi connectivity index (χ0) is 16.7. The van der Waals surface area contributed by atoms with Gasteiger partial charge in [0.05, 0.1) is 18.9 Å². The molecule has 0 saturated heterocycles. The maximum atomic E-state index is 5.93. The molecule has 8 nitrogen and oxygen atoms in total. The van der Waals surface area contributed by atoms with Gasteiger partial charge in [0.1, 0.15) is 24.4 Å². The zero-order valence-corrected chi connectivity index (χ0v) is 16.4. The molecule has 2 aromatic rings. The Morgan fingerprint density at radius 3 is 2.67 bits per heavy atom. The van der Waals surface area contributed by atoms with Gasteiger partial charge in [-0.25, -0.2) is 9.98 Å². The fourth-order valence-electron chi connectivity index (χ4n) is 1.93. The van der Waals surface area contributed by atoms with Gasteiger partial charge in [-0.1, -0.05) is 0 Å². The van der Waals surface area contributed by atoms with Gasteiger partial charge >= 0.3 is 0 Å². The van der Waals surface area contributed by atoms with E-state index in [9.17, 15) is 0 Å². The van der Waals surface area contributed by atoms with Gasteiger partial charge < -0.3 is 20.5 Å². The number of rotatable bonds is 7. The van der Waals surface area contributed by atoms with Crippen LogP contribution in [0, 0.1) is 0 Å². The molecule has 24 heavy (non-hydrogen) atoms. The predicted molar refractivity (Wildman–Crippen MR) is 104 cm³/mol. The molecule has 0 radical (unpaired) electrons. The monoisotopic (exact) mass is 446 g/mol. The van der Waals surface area contributed by atoms with E-state index in [4.69, 9.17) is 15.2 Å². The van der Waals surface area contributed by atoms with E-state index in [0.717, 1.165) is 5.75 Å². The second-order valence-corrected chi connectivity index (χ2v) is 4.68. The number of aryl methyl sites for hydroxylation is 1. The number of nitrogens with zero attached hydrogens (tertiary/aromatic N) is 4. The van der Waals surface area contributed by atoms with Crippen LogP contribution >= 0.6 is 24.0 Å². The van der Waals surface area contributed by atoms with E-state index in [0.29, 0.717) is 37.0 Å². The van der Waals surface area contributed by atoms with E-state index >= 15 is 0 Å². The molecular weight excluding hydrogens is 423 g/mol. The number of anilines is 1. The summed E-state index contributed by atoms with van der Waals surface area (Å²) in [4.78, 5) is 8.33. The highest BCUT2D eigenvalue weighted by atomic mass is 127. The summed E-state index contributed by atoms with van der Waals surface area (Å²) in [7, 11) is 1.80. The average Bonchev–Trinajstić information content (AvgIpc) is 2.94. The Balaban J connectivity index is 0.00000288. The minimum Gasteiger partial charge on any atom is -0.494 e. The predicted octanol–water partition coefficient (Wildman–Crippen LogP) is 2.16. The van der Waals surface area contributed by atoms with E-state index in [-0.39, 0.29) is 29.9 Å². The lowest BCUT2D eigenvalue weighted by molar-refractivity contribution is 0.332. The molecule has 0 aliphatic heterocycles. The normalized spacial score (nSPS) is 10.9. The maximum absolute atomic E-state index is 5.93. The standard InChI is InChI=1S/C15H22N6O2.HI/c1-4-22-11-6-7-13(23-5-2)12(8-11)19-15(16)17-9-14-18-10-21(3)20-14;/h6-8,10H,4-5,9H2,1-3H3,(H3,16,17,19);1H. The third-order valence-electron chi connectivity index (χ3n) is 2.86. The maximum Gasteiger partial charge on any atom is 0.193 e. The van der Waals surface area contributed by atoms with Crippen molar-refractivity contribution in [3.05, 3.63) is 30.4 Å². The van der Waals surface area contributed by atoms with Crippen LogP contribution in [0.25, 0.3) is 0 Å². The van der Waals surface area contributed by atoms with Crippen LogP contribution in [-0.2, 0) is 13.6 Å². The van der Waals surface area contributed by atoms with E-state index in [2.05, 4.69) is 20.4 Å². The lowest BCUT2D eigenvalue weighted by Crippen LogP contribution is -2.23. The molecule has 3 N–H and O–H groups in total. The third-order valence-corrected chi connectivity index (χ3v) is 2.86. The van der Waals surface area contributed by atoms with Gasteiger partial charge in [-0.05, 0) is 26.0 Å². The first-order valence-corrected chi connectivity index (χ1v) is 7.43. The lowest BCUT2D eigenvalue weighted by atomic mass is 10.2. The van der Waals surface area contributed by atoms with Gasteiger partial charge in [-0.2, -0.15) is 5.10 Å². The summed E-state index contributed by atoms with van der Waals surface area (Å²) >= 11 is 0. The highest BCUT2D eigenvalue weighted by Gasteiger charge is 2.07. The summed E-state index contributed by atoms with van der Waals surface area (Å²) in [6.07, 6.45) is 1.62. The fraction of sp³-hybridized carbons (Fsp3) is 0.400. The quantitative estimate of drug-likeness (QED) is 0.384. The van der Waals surface area contributed by atoms with E-state index in [1.54, 1.807) is 18.1 Å². The second-order valence-electron chi connectivity index (χ2n) is 4.68. The minimum absolute atomic E-state index is 0. The van der Waals surface area contributed by atoms with Gasteiger partial charge in [0.2, 0.25) is 0 Å². The lowest BCUT2D eigenvalue weighted by Gasteiger charge is -2.13. The van der Waals surface area contributed by atoms with Crippen molar-refractivity contribution < 1.29 is 9.47 Å². The molecule has 0 unspecified atom stereocenters. The number of aliphatic imine (C=N–C) groups is 1. The van der Waals surface area contributed by atoms with Crippen LogP contribution in [0.1, 0.15) is 19.7 Å². The average molecular weight is 446 g/mol. The number of nitrogens with two attached hydrogens (primary N) is 1. The molecule has 1 heterocycles. The molecule has 9 heteroatoms. The number of ether oxygens (including phenoxy) is 2. The van der Waals surface area contributed by atoms with Crippen LogP contribution in [0.4, 0.5) is 5.69 Å². The Morgan fingerprint density at radius 1 is 1.29 bits per heavy atom. The van der Waals surface area contributed by atoms with E-state index in [1.165, 1.54) is 0 Å². The molecule has 0 saturated carbocycles. The number of aromatic nitrogens is 3. The molecule has 0 fully saturated rings. The Morgan fingerprint density at radius 2 is 2.04 bits per heavy atom. The summed E-state index contributed by atoms with van der Waals surface area (Å²) in [5.41, 5.74) is 6.63. The molecule has 0 amide bonds. The van der Waals surface area contributed by atoms with Crippen LogP contribution in [0.3, 0.4) is 0 Å². The van der Waals surface area contributed by atoms with Crippen LogP contribution in [0.5, 0.6) is 11.5 Å². The molecule has 0 atom stereocenters. The molecule has 0 aliphatic rings. The molecule has 0 spiro atoms. The summed E-state index contributed by atoms with van der Waals surface area (Å²) in [6.45, 7) is 5.29. The third kappa shape index (κ3) is 5.87. The molecule has 1 aromatic carbocycles. The molecule has 1 aromatic heterocycles. The first kappa shape index (κ1) is 20.0. The van der Waals surface area contributed by atoms with E-state index < -0.39 is 0 Å². The highest BCUT2D eigenvalue weighted by Crippen LogP contribution is 2.29. The van der Waals surface area contributed by atoms with Crippen LogP contribution in [0.15, 0.2) is 29.5 Å². The van der Waals surface area contributed by atoms with Crippen molar-refractivity contribution >= 4 is 35.6 Å². The molecule has 0 bridgehead atoms. The summed E-state index contributed by atoms with van der Waals surface area (Å²) in [5, 5.41) is 7.18. The van der Waals surface area contributed by atoms with Gasteiger partial charge in [-0.15, -0.1) is 24.0 Å². The number of nitrogens with one attached hydrogen (secondary N) is 1. The van der Waals surface area contributed by atoms with Crippen molar-refractivity contribution in [2.75, 3.05) is 18.5 Å². The van der Waals surface area contributed by atoms with Crippen molar-refractivity contribution in [3.63, 3.8) is 0 Å². The Labute approximate surface area is 158 Å². The van der Waals surface area contributed by atoms with Crippen molar-refractivity contribution in [1.29, 1.82) is 0 Å². The van der Waals surface area contributed by atoms with Crippen LogP contribution < -0.4 is 20.5 Å². The Kier molecular flexibility index (Phi) is 8.30. The highest BCUT2D eigenvalue weighted by molar-refractivity contribution is 14.0.